The van der Waals surface area contributed by atoms with Gasteiger partial charge in [-0.3, -0.25) is 4.79 Å². The van der Waals surface area contributed by atoms with Crippen molar-refractivity contribution in [2.24, 2.45) is 0 Å². The lowest BCUT2D eigenvalue weighted by Crippen LogP contribution is -2.13. The van der Waals surface area contributed by atoms with Crippen molar-refractivity contribution >= 4 is 29.4 Å². The molecule has 0 bridgehead atoms. The molecule has 0 fully saturated rings. The summed E-state index contributed by atoms with van der Waals surface area (Å²) in [4.78, 5) is 16.4. The van der Waals surface area contributed by atoms with Crippen molar-refractivity contribution in [1.29, 1.82) is 5.26 Å². The van der Waals surface area contributed by atoms with Gasteiger partial charge in [-0.1, -0.05) is 24.3 Å². The third-order valence-corrected chi connectivity index (χ3v) is 4.00. The van der Waals surface area contributed by atoms with E-state index in [4.69, 9.17) is 4.42 Å². The van der Waals surface area contributed by atoms with Crippen LogP contribution < -0.4 is 5.32 Å². The Morgan fingerprint density at radius 1 is 1.12 bits per heavy atom. The minimum Gasteiger partial charge on any atom is -0.450 e. The highest BCUT2D eigenvalue weighted by Crippen LogP contribution is 2.28. The van der Waals surface area contributed by atoms with Gasteiger partial charge >= 0.3 is 0 Å². The molecule has 0 atom stereocenters. The lowest BCUT2D eigenvalue weighted by Gasteiger charge is -2.03. The Balaban J connectivity index is 1.72. The number of benzene rings is 1. The van der Waals surface area contributed by atoms with Crippen LogP contribution in [0.1, 0.15) is 5.76 Å². The number of rotatable bonds is 5. The fourth-order valence-corrected chi connectivity index (χ4v) is 2.73. The Morgan fingerprint density at radius 2 is 1.92 bits per heavy atom. The van der Waals surface area contributed by atoms with Gasteiger partial charge in [-0.15, -0.1) is 0 Å². The molecule has 0 aliphatic carbocycles. The molecule has 2 heterocycles. The smallest absolute Gasteiger partial charge is 0.266 e. The van der Waals surface area contributed by atoms with Crippen molar-refractivity contribution in [2.45, 2.75) is 10.1 Å². The Kier molecular flexibility index (Phi) is 5.29. The Labute approximate surface area is 149 Å². The van der Waals surface area contributed by atoms with E-state index < -0.39 is 5.91 Å². The average molecular weight is 347 g/mol. The zero-order valence-corrected chi connectivity index (χ0v) is 13.9. The molecule has 3 aromatic rings. The molecule has 0 saturated heterocycles. The van der Waals surface area contributed by atoms with Crippen LogP contribution in [-0.4, -0.2) is 10.9 Å². The number of anilines is 1. The molecule has 0 radical (unpaired) electrons. The molecule has 122 valence electrons. The Hall–Kier alpha value is -3.30. The predicted octanol–water partition coefficient (Wildman–Crippen LogP) is 4.37. The van der Waals surface area contributed by atoms with Gasteiger partial charge < -0.3 is 9.73 Å². The van der Waals surface area contributed by atoms with E-state index in [-0.39, 0.29) is 5.57 Å². The van der Waals surface area contributed by atoms with Gasteiger partial charge in [0.05, 0.1) is 0 Å². The number of amides is 1. The van der Waals surface area contributed by atoms with Gasteiger partial charge in [0.1, 0.15) is 22.4 Å². The van der Waals surface area contributed by atoms with Crippen LogP contribution in [0.4, 0.5) is 5.69 Å². The fraction of sp³-hybridized carbons (Fsp3) is 0. The highest BCUT2D eigenvalue weighted by molar-refractivity contribution is 7.99. The zero-order valence-electron chi connectivity index (χ0n) is 13.0. The first kappa shape index (κ1) is 16.6. The molecule has 0 aliphatic rings. The highest BCUT2D eigenvalue weighted by atomic mass is 32.2. The van der Waals surface area contributed by atoms with Gasteiger partial charge in [0.2, 0.25) is 0 Å². The Bertz CT molecular complexity index is 928. The first-order chi connectivity index (χ1) is 12.2. The highest BCUT2D eigenvalue weighted by Gasteiger charge is 2.11. The van der Waals surface area contributed by atoms with Gasteiger partial charge in [0.15, 0.2) is 5.09 Å². The maximum atomic E-state index is 12.2. The molecule has 1 aromatic carbocycles. The molecule has 0 aliphatic heterocycles. The summed E-state index contributed by atoms with van der Waals surface area (Å²) in [5.41, 5.74) is 0.590. The van der Waals surface area contributed by atoms with Gasteiger partial charge in [-0.2, -0.15) is 5.26 Å². The van der Waals surface area contributed by atoms with Crippen LogP contribution in [0.2, 0.25) is 0 Å². The van der Waals surface area contributed by atoms with E-state index in [0.717, 1.165) is 5.03 Å². The standard InChI is InChI=1S/C19H13N3O2S/c20-13-14(19(23)22-15-6-2-1-3-7-15)12-16-9-10-18(24-16)25-17-8-4-5-11-21-17/h1-12H,(H,22,23)/b14-12+. The van der Waals surface area contributed by atoms with Gasteiger partial charge in [-0.05, 0) is 48.2 Å². The number of aromatic nitrogens is 1. The first-order valence-corrected chi connectivity index (χ1v) is 8.23. The van der Waals surface area contributed by atoms with E-state index in [1.807, 2.05) is 30.3 Å². The molecular weight excluding hydrogens is 334 g/mol. The second kappa shape index (κ2) is 7.99. The number of hydrogen-bond acceptors (Lipinski definition) is 5. The predicted molar refractivity (Wildman–Crippen MR) is 95.7 cm³/mol. The summed E-state index contributed by atoms with van der Waals surface area (Å²) in [6, 6.07) is 19.9. The first-order valence-electron chi connectivity index (χ1n) is 7.41. The van der Waals surface area contributed by atoms with Crippen LogP contribution in [0.5, 0.6) is 0 Å². The van der Waals surface area contributed by atoms with Crippen LogP contribution in [0.25, 0.3) is 6.08 Å². The maximum absolute atomic E-state index is 12.2. The number of furan rings is 1. The summed E-state index contributed by atoms with van der Waals surface area (Å²) >= 11 is 1.36. The minimum absolute atomic E-state index is 0.0346. The average Bonchev–Trinajstić information content (AvgIpc) is 3.08. The van der Waals surface area contributed by atoms with E-state index in [1.165, 1.54) is 17.8 Å². The lowest BCUT2D eigenvalue weighted by molar-refractivity contribution is -0.112. The van der Waals surface area contributed by atoms with Gasteiger partial charge in [-0.25, -0.2) is 4.98 Å². The number of carbonyl (C=O) groups excluding carboxylic acids is 1. The van der Waals surface area contributed by atoms with Gasteiger partial charge in [0, 0.05) is 18.0 Å². The number of hydrogen-bond donors (Lipinski definition) is 1. The van der Waals surface area contributed by atoms with E-state index in [9.17, 15) is 10.1 Å². The minimum atomic E-state index is -0.482. The summed E-state index contributed by atoms with van der Waals surface area (Å²) in [7, 11) is 0. The molecule has 5 nitrogen and oxygen atoms in total. The topological polar surface area (TPSA) is 78.9 Å². The molecule has 25 heavy (non-hydrogen) atoms. The van der Waals surface area contributed by atoms with Crippen molar-refractivity contribution in [2.75, 3.05) is 5.32 Å². The third-order valence-electron chi connectivity index (χ3n) is 3.13. The van der Waals surface area contributed by atoms with Crippen LogP contribution in [0, 0.1) is 11.3 Å². The van der Waals surface area contributed by atoms with Crippen molar-refractivity contribution in [3.8, 4) is 6.07 Å². The molecule has 1 amide bonds. The molecule has 0 unspecified atom stereocenters. The molecular formula is C19H13N3O2S. The fourth-order valence-electron chi connectivity index (χ4n) is 1.99. The number of carbonyl (C=O) groups is 1. The molecule has 0 saturated carbocycles. The normalized spacial score (nSPS) is 10.9. The molecule has 6 heteroatoms. The van der Waals surface area contributed by atoms with Crippen molar-refractivity contribution in [3.05, 3.63) is 78.2 Å². The SMILES string of the molecule is N#C/C(=C\c1ccc(Sc2ccccn2)o1)C(=O)Nc1ccccc1. The van der Waals surface area contributed by atoms with Crippen molar-refractivity contribution in [3.63, 3.8) is 0 Å². The van der Waals surface area contributed by atoms with Gasteiger partial charge in [0.25, 0.3) is 5.91 Å². The number of pyridine rings is 1. The van der Waals surface area contributed by atoms with Crippen LogP contribution in [0.3, 0.4) is 0 Å². The lowest BCUT2D eigenvalue weighted by atomic mass is 10.2. The van der Waals surface area contributed by atoms with E-state index in [1.54, 1.807) is 42.6 Å². The number of nitrogens with zero attached hydrogens (tertiary/aromatic N) is 2. The number of para-hydroxylation sites is 1. The van der Waals surface area contributed by atoms with Crippen molar-refractivity contribution in [1.82, 2.24) is 4.98 Å². The van der Waals surface area contributed by atoms with Crippen LogP contribution in [0.15, 0.2) is 87.0 Å². The second-order valence-corrected chi connectivity index (χ2v) is 5.94. The maximum Gasteiger partial charge on any atom is 0.266 e. The summed E-state index contributed by atoms with van der Waals surface area (Å²) in [5, 5.41) is 13.3. The molecule has 1 N–H and O–H groups in total. The quantitative estimate of drug-likeness (QED) is 0.547. The summed E-state index contributed by atoms with van der Waals surface area (Å²) in [5.74, 6) is -0.0535. The van der Waals surface area contributed by atoms with Crippen LogP contribution in [-0.2, 0) is 4.79 Å². The summed E-state index contributed by atoms with van der Waals surface area (Å²) in [6.45, 7) is 0. The van der Waals surface area contributed by atoms with E-state index in [0.29, 0.717) is 16.5 Å². The molecule has 2 aromatic heterocycles. The zero-order chi connectivity index (χ0) is 17.5. The molecule has 3 rings (SSSR count). The van der Waals surface area contributed by atoms with Crippen LogP contribution >= 0.6 is 11.8 Å². The molecule has 0 spiro atoms. The number of nitriles is 1. The monoisotopic (exact) mass is 347 g/mol. The third kappa shape index (κ3) is 4.59. The second-order valence-electron chi connectivity index (χ2n) is 4.92. The van der Waals surface area contributed by atoms with E-state index >= 15 is 0 Å². The number of nitrogens with one attached hydrogen (secondary N) is 1. The summed E-state index contributed by atoms with van der Waals surface area (Å²) in [6.07, 6.45) is 3.12. The Morgan fingerprint density at radius 3 is 2.64 bits per heavy atom. The van der Waals surface area contributed by atoms with E-state index in [2.05, 4.69) is 10.3 Å². The largest absolute Gasteiger partial charge is 0.450 e. The van der Waals surface area contributed by atoms with Crippen molar-refractivity contribution < 1.29 is 9.21 Å². The summed E-state index contributed by atoms with van der Waals surface area (Å²) < 4.78 is 5.64.